The molecule has 0 unspecified atom stereocenters. The van der Waals surface area contributed by atoms with Crippen LogP contribution in [0.2, 0.25) is 0 Å². The van der Waals surface area contributed by atoms with E-state index in [1.54, 1.807) is 11.8 Å². The van der Waals surface area contributed by atoms with Gasteiger partial charge in [0.25, 0.3) is 0 Å². The minimum atomic E-state index is 0.857. The van der Waals surface area contributed by atoms with E-state index >= 15 is 0 Å². The summed E-state index contributed by atoms with van der Waals surface area (Å²) in [5, 5.41) is 0. The van der Waals surface area contributed by atoms with Gasteiger partial charge in [0.05, 0.1) is 4.90 Å². The van der Waals surface area contributed by atoms with Gasteiger partial charge in [0.1, 0.15) is 11.5 Å². The molecule has 0 atom stereocenters. The zero-order valence-corrected chi connectivity index (χ0v) is 12.6. The summed E-state index contributed by atoms with van der Waals surface area (Å²) >= 11 is 1.74. The van der Waals surface area contributed by atoms with Gasteiger partial charge in [-0.25, -0.2) is 0 Å². The van der Waals surface area contributed by atoms with Gasteiger partial charge in [-0.15, -0.1) is 0 Å². The normalized spacial score (nSPS) is 10.3. The van der Waals surface area contributed by atoms with Crippen LogP contribution in [0, 0.1) is 6.92 Å². The van der Waals surface area contributed by atoms with Gasteiger partial charge in [0.2, 0.25) is 0 Å². The van der Waals surface area contributed by atoms with Gasteiger partial charge in [0.15, 0.2) is 0 Å². The van der Waals surface area contributed by atoms with Gasteiger partial charge in [-0.3, -0.25) is 0 Å². The fraction of sp³-hybridized carbons (Fsp3) is 0.0526. The van der Waals surface area contributed by atoms with Crippen LogP contribution in [0.4, 0.5) is 0 Å². The first-order valence-corrected chi connectivity index (χ1v) is 7.70. The molecule has 0 saturated heterocycles. The Hall–Kier alpha value is -2.19. The molecule has 0 aliphatic carbocycles. The second kappa shape index (κ2) is 6.51. The summed E-state index contributed by atoms with van der Waals surface area (Å²) < 4.78 is 6.00. The fourth-order valence-electron chi connectivity index (χ4n) is 2.02. The van der Waals surface area contributed by atoms with Crippen molar-refractivity contribution in [2.45, 2.75) is 16.7 Å². The Kier molecular flexibility index (Phi) is 4.27. The molecule has 0 bridgehead atoms. The maximum absolute atomic E-state index is 6.00. The molecule has 0 spiro atoms. The minimum absolute atomic E-state index is 0.857. The number of para-hydroxylation sites is 2. The summed E-state index contributed by atoms with van der Waals surface area (Å²) in [6, 6.07) is 26.4. The maximum Gasteiger partial charge on any atom is 0.141 e. The van der Waals surface area contributed by atoms with E-state index in [9.17, 15) is 0 Å². The third-order valence-electron chi connectivity index (χ3n) is 3.13. The van der Waals surface area contributed by atoms with E-state index in [0.717, 1.165) is 16.4 Å². The van der Waals surface area contributed by atoms with Crippen LogP contribution in [0.15, 0.2) is 88.7 Å². The molecule has 0 N–H and O–H groups in total. The number of aryl methyl sites for hydroxylation is 1. The van der Waals surface area contributed by atoms with Crippen molar-refractivity contribution in [2.75, 3.05) is 0 Å². The van der Waals surface area contributed by atoms with Gasteiger partial charge < -0.3 is 4.74 Å². The smallest absolute Gasteiger partial charge is 0.141 e. The molecule has 104 valence electrons. The van der Waals surface area contributed by atoms with Crippen molar-refractivity contribution >= 4 is 11.8 Å². The standard InChI is InChI=1S/C19H16OS/c1-15-9-5-7-13-18(15)21-19-14-8-6-12-17(19)20-16-10-3-2-4-11-16/h2-14H,1H3. The highest BCUT2D eigenvalue weighted by atomic mass is 32.2. The molecule has 2 heteroatoms. The summed E-state index contributed by atoms with van der Waals surface area (Å²) in [7, 11) is 0. The Morgan fingerprint density at radius 1 is 0.667 bits per heavy atom. The van der Waals surface area contributed by atoms with Crippen molar-refractivity contribution < 1.29 is 4.74 Å². The Bertz CT molecular complexity index is 722. The lowest BCUT2D eigenvalue weighted by molar-refractivity contribution is 0.471. The SMILES string of the molecule is Cc1ccccc1Sc1ccccc1Oc1ccccc1. The van der Waals surface area contributed by atoms with Crippen molar-refractivity contribution in [2.24, 2.45) is 0 Å². The highest BCUT2D eigenvalue weighted by Gasteiger charge is 2.07. The molecule has 1 nitrogen and oxygen atoms in total. The van der Waals surface area contributed by atoms with E-state index in [4.69, 9.17) is 4.74 Å². The average molecular weight is 292 g/mol. The van der Waals surface area contributed by atoms with E-state index in [1.165, 1.54) is 10.5 Å². The van der Waals surface area contributed by atoms with Crippen LogP contribution < -0.4 is 4.74 Å². The molecule has 0 aromatic heterocycles. The molecule has 3 aromatic carbocycles. The topological polar surface area (TPSA) is 9.23 Å². The van der Waals surface area contributed by atoms with Gasteiger partial charge in [-0.05, 0) is 42.8 Å². The highest BCUT2D eigenvalue weighted by molar-refractivity contribution is 7.99. The molecule has 0 heterocycles. The fourth-order valence-corrected chi connectivity index (χ4v) is 2.99. The Morgan fingerprint density at radius 2 is 1.29 bits per heavy atom. The number of hydrogen-bond acceptors (Lipinski definition) is 2. The summed E-state index contributed by atoms with van der Waals surface area (Å²) in [6.45, 7) is 2.13. The molecule has 0 radical (unpaired) electrons. The monoisotopic (exact) mass is 292 g/mol. The lowest BCUT2D eigenvalue weighted by Crippen LogP contribution is -1.87. The summed E-state index contributed by atoms with van der Waals surface area (Å²) in [6.07, 6.45) is 0. The summed E-state index contributed by atoms with van der Waals surface area (Å²) in [5.41, 5.74) is 1.28. The number of hydrogen-bond donors (Lipinski definition) is 0. The second-order valence-corrected chi connectivity index (χ2v) is 5.81. The Morgan fingerprint density at radius 3 is 2.05 bits per heavy atom. The predicted molar refractivity (Wildman–Crippen MR) is 88.3 cm³/mol. The number of benzene rings is 3. The molecular weight excluding hydrogens is 276 g/mol. The van der Waals surface area contributed by atoms with Gasteiger partial charge in [0, 0.05) is 4.90 Å². The largest absolute Gasteiger partial charge is 0.456 e. The van der Waals surface area contributed by atoms with E-state index in [2.05, 4.69) is 37.3 Å². The zero-order valence-electron chi connectivity index (χ0n) is 11.8. The summed E-state index contributed by atoms with van der Waals surface area (Å²) in [5.74, 6) is 1.74. The lowest BCUT2D eigenvalue weighted by atomic mass is 10.2. The van der Waals surface area contributed by atoms with Crippen molar-refractivity contribution in [3.8, 4) is 11.5 Å². The van der Waals surface area contributed by atoms with Crippen molar-refractivity contribution in [1.82, 2.24) is 0 Å². The first-order chi connectivity index (χ1) is 10.3. The van der Waals surface area contributed by atoms with E-state index in [1.807, 2.05) is 48.5 Å². The lowest BCUT2D eigenvalue weighted by Gasteiger charge is -2.11. The first-order valence-electron chi connectivity index (χ1n) is 6.88. The third kappa shape index (κ3) is 3.47. The maximum atomic E-state index is 6.00. The van der Waals surface area contributed by atoms with Crippen LogP contribution in [-0.4, -0.2) is 0 Å². The van der Waals surface area contributed by atoms with Gasteiger partial charge in [-0.2, -0.15) is 0 Å². The molecule has 21 heavy (non-hydrogen) atoms. The number of rotatable bonds is 4. The molecule has 3 rings (SSSR count). The minimum Gasteiger partial charge on any atom is -0.456 e. The number of ether oxygens (including phenoxy) is 1. The third-order valence-corrected chi connectivity index (χ3v) is 4.37. The molecular formula is C19H16OS. The highest BCUT2D eigenvalue weighted by Crippen LogP contribution is 2.38. The van der Waals surface area contributed by atoms with Crippen LogP contribution in [-0.2, 0) is 0 Å². The van der Waals surface area contributed by atoms with Crippen LogP contribution in [0.3, 0.4) is 0 Å². The van der Waals surface area contributed by atoms with Crippen LogP contribution in [0.25, 0.3) is 0 Å². The zero-order chi connectivity index (χ0) is 14.5. The van der Waals surface area contributed by atoms with Crippen molar-refractivity contribution in [3.63, 3.8) is 0 Å². The van der Waals surface area contributed by atoms with Crippen LogP contribution in [0.1, 0.15) is 5.56 Å². The molecule has 0 saturated carbocycles. The summed E-state index contributed by atoms with van der Waals surface area (Å²) in [4.78, 5) is 2.37. The van der Waals surface area contributed by atoms with Crippen molar-refractivity contribution in [3.05, 3.63) is 84.4 Å². The molecule has 0 fully saturated rings. The van der Waals surface area contributed by atoms with Gasteiger partial charge >= 0.3 is 0 Å². The van der Waals surface area contributed by atoms with E-state index in [0.29, 0.717) is 0 Å². The molecule has 3 aromatic rings. The van der Waals surface area contributed by atoms with Gasteiger partial charge in [-0.1, -0.05) is 60.3 Å². The molecule has 0 aliphatic rings. The average Bonchev–Trinajstić information content (AvgIpc) is 2.52. The van der Waals surface area contributed by atoms with Crippen LogP contribution in [0.5, 0.6) is 11.5 Å². The predicted octanol–water partition coefficient (Wildman–Crippen LogP) is 5.94. The molecule has 0 aliphatic heterocycles. The van der Waals surface area contributed by atoms with E-state index in [-0.39, 0.29) is 0 Å². The Balaban J connectivity index is 1.88. The van der Waals surface area contributed by atoms with Crippen molar-refractivity contribution in [1.29, 1.82) is 0 Å². The van der Waals surface area contributed by atoms with Crippen LogP contribution >= 0.6 is 11.8 Å². The second-order valence-electron chi connectivity index (χ2n) is 4.73. The quantitative estimate of drug-likeness (QED) is 0.588. The Labute approximate surface area is 129 Å². The first kappa shape index (κ1) is 13.8. The molecule has 0 amide bonds. The van der Waals surface area contributed by atoms with E-state index < -0.39 is 0 Å².